The van der Waals surface area contributed by atoms with E-state index in [1.807, 2.05) is 44.2 Å². The first-order chi connectivity index (χ1) is 11.0. The zero-order valence-electron chi connectivity index (χ0n) is 13.5. The van der Waals surface area contributed by atoms with Crippen LogP contribution in [0, 0.1) is 5.92 Å². The Morgan fingerprint density at radius 1 is 1.22 bits per heavy atom. The average Bonchev–Trinajstić information content (AvgIpc) is 2.99. The highest BCUT2D eigenvalue weighted by atomic mass is 16.4. The first-order valence-corrected chi connectivity index (χ1v) is 7.52. The molecule has 1 aromatic heterocycles. The Morgan fingerprint density at radius 3 is 2.52 bits per heavy atom. The Balaban J connectivity index is 1.96. The maximum Gasteiger partial charge on any atom is 0.243 e. The fourth-order valence-electron chi connectivity index (χ4n) is 2.15. The zero-order valence-corrected chi connectivity index (χ0v) is 13.5. The summed E-state index contributed by atoms with van der Waals surface area (Å²) in [6.45, 7) is 5.31. The summed E-state index contributed by atoms with van der Waals surface area (Å²) in [5, 5.41) is 5.39. The summed E-state index contributed by atoms with van der Waals surface area (Å²) in [6, 6.07) is 9.04. The molecule has 122 valence electrons. The number of hydrogen-bond acceptors (Lipinski definition) is 4. The molecule has 0 saturated heterocycles. The van der Waals surface area contributed by atoms with Crippen LogP contribution in [0.5, 0.6) is 0 Å². The van der Waals surface area contributed by atoms with E-state index < -0.39 is 6.04 Å². The molecule has 0 bridgehead atoms. The SMILES string of the molecule is CC(=O)N[C@@H](C(=O)NCc1ncc(-c2ccccc2)o1)C(C)C. The molecule has 23 heavy (non-hydrogen) atoms. The van der Waals surface area contributed by atoms with Crippen molar-refractivity contribution in [2.24, 2.45) is 5.92 Å². The third-order valence-corrected chi connectivity index (χ3v) is 3.33. The summed E-state index contributed by atoms with van der Waals surface area (Å²) in [5.41, 5.74) is 0.927. The summed E-state index contributed by atoms with van der Waals surface area (Å²) < 4.78 is 5.63. The van der Waals surface area contributed by atoms with Gasteiger partial charge in [0.25, 0.3) is 0 Å². The molecule has 1 atom stereocenters. The number of oxazole rings is 1. The Bertz CT molecular complexity index is 665. The van der Waals surface area contributed by atoms with Gasteiger partial charge in [-0.15, -0.1) is 0 Å². The Kier molecular flexibility index (Phi) is 5.51. The van der Waals surface area contributed by atoms with Crippen LogP contribution in [-0.4, -0.2) is 22.8 Å². The molecule has 6 heteroatoms. The summed E-state index contributed by atoms with van der Waals surface area (Å²) >= 11 is 0. The van der Waals surface area contributed by atoms with Crippen LogP contribution in [0.15, 0.2) is 40.9 Å². The number of carbonyl (C=O) groups is 2. The van der Waals surface area contributed by atoms with Gasteiger partial charge in [-0.25, -0.2) is 4.98 Å². The van der Waals surface area contributed by atoms with E-state index in [0.717, 1.165) is 5.56 Å². The molecule has 0 aliphatic heterocycles. The van der Waals surface area contributed by atoms with E-state index in [9.17, 15) is 9.59 Å². The molecule has 2 amide bonds. The lowest BCUT2D eigenvalue weighted by atomic mass is 10.0. The normalized spacial score (nSPS) is 12.0. The maximum atomic E-state index is 12.2. The van der Waals surface area contributed by atoms with E-state index in [1.165, 1.54) is 6.92 Å². The first-order valence-electron chi connectivity index (χ1n) is 7.52. The molecule has 0 fully saturated rings. The number of rotatable bonds is 6. The van der Waals surface area contributed by atoms with Gasteiger partial charge in [-0.2, -0.15) is 0 Å². The largest absolute Gasteiger partial charge is 0.439 e. The van der Waals surface area contributed by atoms with Crippen LogP contribution in [0.2, 0.25) is 0 Å². The first kappa shape index (κ1) is 16.7. The number of amides is 2. The van der Waals surface area contributed by atoms with Gasteiger partial charge in [-0.3, -0.25) is 9.59 Å². The number of carbonyl (C=O) groups excluding carboxylic acids is 2. The molecule has 0 aliphatic carbocycles. The topological polar surface area (TPSA) is 84.2 Å². The Hall–Kier alpha value is -2.63. The van der Waals surface area contributed by atoms with E-state index in [-0.39, 0.29) is 24.3 Å². The molecule has 0 unspecified atom stereocenters. The molecule has 0 radical (unpaired) electrons. The predicted octanol–water partition coefficient (Wildman–Crippen LogP) is 2.12. The minimum Gasteiger partial charge on any atom is -0.439 e. The molecule has 2 rings (SSSR count). The van der Waals surface area contributed by atoms with Gasteiger partial charge in [0.05, 0.1) is 12.7 Å². The fraction of sp³-hybridized carbons (Fsp3) is 0.353. The summed E-state index contributed by atoms with van der Waals surface area (Å²) in [4.78, 5) is 27.5. The molecule has 0 aliphatic rings. The lowest BCUT2D eigenvalue weighted by Gasteiger charge is -2.20. The highest BCUT2D eigenvalue weighted by Crippen LogP contribution is 2.19. The Labute approximate surface area is 135 Å². The van der Waals surface area contributed by atoms with E-state index in [0.29, 0.717) is 11.7 Å². The number of benzene rings is 1. The van der Waals surface area contributed by atoms with Gasteiger partial charge >= 0.3 is 0 Å². The maximum absolute atomic E-state index is 12.2. The average molecular weight is 315 g/mol. The fourth-order valence-corrected chi connectivity index (χ4v) is 2.15. The van der Waals surface area contributed by atoms with Gasteiger partial charge in [0.15, 0.2) is 5.76 Å². The van der Waals surface area contributed by atoms with Gasteiger partial charge in [-0.05, 0) is 5.92 Å². The van der Waals surface area contributed by atoms with Crippen molar-refractivity contribution in [1.82, 2.24) is 15.6 Å². The standard InChI is InChI=1S/C17H21N3O3/c1-11(2)16(20-12(3)21)17(22)19-10-15-18-9-14(23-15)13-7-5-4-6-8-13/h4-9,11,16H,10H2,1-3H3,(H,19,22)(H,20,21)/t16-/m1/s1. The van der Waals surface area contributed by atoms with Crippen LogP contribution in [0.4, 0.5) is 0 Å². The van der Waals surface area contributed by atoms with Crippen LogP contribution in [0.1, 0.15) is 26.7 Å². The van der Waals surface area contributed by atoms with Crippen molar-refractivity contribution in [3.8, 4) is 11.3 Å². The molecular formula is C17H21N3O3. The van der Waals surface area contributed by atoms with Crippen molar-refractivity contribution in [2.45, 2.75) is 33.4 Å². The van der Waals surface area contributed by atoms with Crippen molar-refractivity contribution in [3.05, 3.63) is 42.4 Å². The summed E-state index contributed by atoms with van der Waals surface area (Å²) in [7, 11) is 0. The third kappa shape index (κ3) is 4.67. The van der Waals surface area contributed by atoms with Crippen molar-refractivity contribution in [3.63, 3.8) is 0 Å². The molecule has 0 saturated carbocycles. The lowest BCUT2D eigenvalue weighted by molar-refractivity contribution is -0.129. The minimum atomic E-state index is -0.573. The molecule has 6 nitrogen and oxygen atoms in total. The van der Waals surface area contributed by atoms with Crippen LogP contribution in [0.3, 0.4) is 0 Å². The quantitative estimate of drug-likeness (QED) is 0.855. The second kappa shape index (κ2) is 7.58. The van der Waals surface area contributed by atoms with Crippen LogP contribution in [0.25, 0.3) is 11.3 Å². The van der Waals surface area contributed by atoms with Crippen molar-refractivity contribution < 1.29 is 14.0 Å². The Morgan fingerprint density at radius 2 is 1.91 bits per heavy atom. The van der Waals surface area contributed by atoms with Crippen LogP contribution in [-0.2, 0) is 16.1 Å². The molecule has 0 spiro atoms. The van der Waals surface area contributed by atoms with Gasteiger partial charge < -0.3 is 15.1 Å². The molecule has 2 aromatic rings. The molecule has 1 aromatic carbocycles. The summed E-state index contributed by atoms with van der Waals surface area (Å²) in [6.07, 6.45) is 1.63. The predicted molar refractivity (Wildman–Crippen MR) is 86.2 cm³/mol. The number of nitrogens with one attached hydrogen (secondary N) is 2. The highest BCUT2D eigenvalue weighted by Gasteiger charge is 2.23. The van der Waals surface area contributed by atoms with E-state index >= 15 is 0 Å². The second-order valence-electron chi connectivity index (χ2n) is 5.62. The van der Waals surface area contributed by atoms with Crippen molar-refractivity contribution in [1.29, 1.82) is 0 Å². The molecule has 1 heterocycles. The van der Waals surface area contributed by atoms with Gasteiger partial charge in [0.2, 0.25) is 17.7 Å². The smallest absolute Gasteiger partial charge is 0.243 e. The van der Waals surface area contributed by atoms with Crippen LogP contribution >= 0.6 is 0 Å². The number of nitrogens with zero attached hydrogens (tertiary/aromatic N) is 1. The highest BCUT2D eigenvalue weighted by molar-refractivity contribution is 5.86. The second-order valence-corrected chi connectivity index (χ2v) is 5.62. The van der Waals surface area contributed by atoms with Gasteiger partial charge in [0.1, 0.15) is 6.04 Å². The van der Waals surface area contributed by atoms with E-state index in [2.05, 4.69) is 15.6 Å². The third-order valence-electron chi connectivity index (χ3n) is 3.33. The molecule has 2 N–H and O–H groups in total. The number of hydrogen-bond donors (Lipinski definition) is 2. The zero-order chi connectivity index (χ0) is 16.8. The van der Waals surface area contributed by atoms with E-state index in [1.54, 1.807) is 6.20 Å². The van der Waals surface area contributed by atoms with E-state index in [4.69, 9.17) is 4.42 Å². The van der Waals surface area contributed by atoms with Gasteiger partial charge in [-0.1, -0.05) is 44.2 Å². The number of aromatic nitrogens is 1. The van der Waals surface area contributed by atoms with Crippen molar-refractivity contribution >= 4 is 11.8 Å². The molecular weight excluding hydrogens is 294 g/mol. The summed E-state index contributed by atoms with van der Waals surface area (Å²) in [5.74, 6) is 0.569. The monoisotopic (exact) mass is 315 g/mol. The van der Waals surface area contributed by atoms with Crippen LogP contribution < -0.4 is 10.6 Å². The lowest BCUT2D eigenvalue weighted by Crippen LogP contribution is -2.48. The minimum absolute atomic E-state index is 0.0108. The van der Waals surface area contributed by atoms with Gasteiger partial charge in [0, 0.05) is 12.5 Å². The van der Waals surface area contributed by atoms with Crippen molar-refractivity contribution in [2.75, 3.05) is 0 Å².